The minimum absolute atomic E-state index is 0.109. The van der Waals surface area contributed by atoms with E-state index in [-0.39, 0.29) is 4.90 Å². The highest BCUT2D eigenvalue weighted by atomic mass is 32.2. The second kappa shape index (κ2) is 11.1. The third-order valence-corrected chi connectivity index (χ3v) is 8.40. The lowest BCUT2D eigenvalue weighted by molar-refractivity contribution is -0.119. The van der Waals surface area contributed by atoms with Crippen molar-refractivity contribution in [3.8, 4) is 5.69 Å². The van der Waals surface area contributed by atoms with Crippen LogP contribution in [0.25, 0.3) is 5.69 Å². The van der Waals surface area contributed by atoms with Crippen molar-refractivity contribution in [3.05, 3.63) is 113 Å². The van der Waals surface area contributed by atoms with E-state index in [2.05, 4.69) is 34.2 Å². The van der Waals surface area contributed by atoms with Crippen LogP contribution in [0, 0.1) is 34.6 Å². The molecule has 3 aromatic carbocycles. The summed E-state index contributed by atoms with van der Waals surface area (Å²) in [5.41, 5.74) is 9.99. The van der Waals surface area contributed by atoms with Crippen molar-refractivity contribution in [1.82, 2.24) is 9.99 Å². The lowest BCUT2D eigenvalue weighted by atomic mass is 10.1. The van der Waals surface area contributed by atoms with E-state index in [9.17, 15) is 13.2 Å². The number of para-hydroxylation sites is 1. The summed E-state index contributed by atoms with van der Waals surface area (Å²) < 4.78 is 30.3. The number of amides is 1. The highest BCUT2D eigenvalue weighted by molar-refractivity contribution is 7.92. The number of benzene rings is 3. The largest absolute Gasteiger partial charge is 0.318 e. The minimum atomic E-state index is -3.98. The zero-order valence-electron chi connectivity index (χ0n) is 22.3. The Kier molecular flexibility index (Phi) is 7.83. The van der Waals surface area contributed by atoms with Crippen molar-refractivity contribution >= 4 is 27.8 Å². The fourth-order valence-electron chi connectivity index (χ4n) is 4.36. The fraction of sp³-hybridized carbons (Fsp3) is 0.200. The van der Waals surface area contributed by atoms with Gasteiger partial charge in [0.2, 0.25) is 0 Å². The molecule has 1 heterocycles. The van der Waals surface area contributed by atoms with Crippen molar-refractivity contribution in [2.24, 2.45) is 5.10 Å². The van der Waals surface area contributed by atoms with Crippen LogP contribution in [0.1, 0.15) is 33.6 Å². The molecule has 4 aromatic rings. The van der Waals surface area contributed by atoms with E-state index in [4.69, 9.17) is 0 Å². The SMILES string of the molecule is Cc1ccc(N(CC(=O)N/N=C\c2cc(C)n(-c3ccccc3C)c2C)S(=O)(=O)c2ccccc2)cc1C. The van der Waals surface area contributed by atoms with Crippen LogP contribution in [0.2, 0.25) is 0 Å². The first-order valence-electron chi connectivity index (χ1n) is 12.3. The number of carbonyl (C=O) groups excluding carboxylic acids is 1. The van der Waals surface area contributed by atoms with E-state index >= 15 is 0 Å². The Morgan fingerprint density at radius 1 is 0.868 bits per heavy atom. The molecule has 0 aliphatic rings. The van der Waals surface area contributed by atoms with Crippen LogP contribution >= 0.6 is 0 Å². The molecule has 196 valence electrons. The summed E-state index contributed by atoms with van der Waals surface area (Å²) in [6.07, 6.45) is 1.58. The summed E-state index contributed by atoms with van der Waals surface area (Å²) in [7, 11) is -3.98. The molecule has 0 aliphatic carbocycles. The Balaban J connectivity index is 1.57. The number of nitrogens with zero attached hydrogens (tertiary/aromatic N) is 3. The second-order valence-electron chi connectivity index (χ2n) is 9.33. The Morgan fingerprint density at radius 2 is 1.55 bits per heavy atom. The van der Waals surface area contributed by atoms with Crippen LogP contribution in [0.15, 0.2) is 88.9 Å². The normalized spacial score (nSPS) is 11.6. The average Bonchev–Trinajstić information content (AvgIpc) is 3.17. The number of aromatic nitrogens is 1. The number of rotatable bonds is 8. The van der Waals surface area contributed by atoms with Crippen molar-refractivity contribution in [3.63, 3.8) is 0 Å². The maximum atomic E-state index is 13.5. The van der Waals surface area contributed by atoms with Gasteiger partial charge in [-0.15, -0.1) is 0 Å². The molecule has 7 nitrogen and oxygen atoms in total. The monoisotopic (exact) mass is 528 g/mol. The second-order valence-corrected chi connectivity index (χ2v) is 11.2. The van der Waals surface area contributed by atoms with Crippen molar-refractivity contribution in [2.75, 3.05) is 10.8 Å². The first-order valence-corrected chi connectivity index (χ1v) is 13.8. The molecule has 1 N–H and O–H groups in total. The summed E-state index contributed by atoms with van der Waals surface area (Å²) >= 11 is 0. The van der Waals surface area contributed by atoms with Crippen LogP contribution in [-0.2, 0) is 14.8 Å². The van der Waals surface area contributed by atoms with Gasteiger partial charge in [-0.2, -0.15) is 5.10 Å². The Bertz CT molecular complexity index is 1610. The Labute approximate surface area is 224 Å². The average molecular weight is 529 g/mol. The Morgan fingerprint density at radius 3 is 2.24 bits per heavy atom. The van der Waals surface area contributed by atoms with Gasteiger partial charge in [-0.25, -0.2) is 13.8 Å². The lowest BCUT2D eigenvalue weighted by Gasteiger charge is -2.24. The molecule has 0 unspecified atom stereocenters. The van der Waals surface area contributed by atoms with Gasteiger partial charge < -0.3 is 4.57 Å². The number of aryl methyl sites for hydroxylation is 4. The van der Waals surface area contributed by atoms with E-state index < -0.39 is 22.5 Å². The molecule has 38 heavy (non-hydrogen) atoms. The fourth-order valence-corrected chi connectivity index (χ4v) is 5.79. The van der Waals surface area contributed by atoms with E-state index in [0.717, 1.165) is 43.6 Å². The minimum Gasteiger partial charge on any atom is -0.318 e. The van der Waals surface area contributed by atoms with Gasteiger partial charge in [-0.3, -0.25) is 9.10 Å². The van der Waals surface area contributed by atoms with Gasteiger partial charge in [0.25, 0.3) is 15.9 Å². The molecule has 0 saturated carbocycles. The number of anilines is 1. The van der Waals surface area contributed by atoms with Crippen molar-refractivity contribution in [2.45, 2.75) is 39.5 Å². The molecule has 1 aromatic heterocycles. The summed E-state index contributed by atoms with van der Waals surface area (Å²) in [6.45, 7) is 9.52. The van der Waals surface area contributed by atoms with Gasteiger partial charge in [0.1, 0.15) is 6.54 Å². The number of carbonyl (C=O) groups is 1. The van der Waals surface area contributed by atoms with E-state index in [0.29, 0.717) is 5.69 Å². The molecular formula is C30H32N4O3S. The Hall–Kier alpha value is -4.17. The molecule has 1 amide bonds. The van der Waals surface area contributed by atoms with Crippen LogP contribution in [0.4, 0.5) is 5.69 Å². The topological polar surface area (TPSA) is 83.8 Å². The van der Waals surface area contributed by atoms with E-state index in [1.807, 2.05) is 52.0 Å². The van der Waals surface area contributed by atoms with E-state index in [1.54, 1.807) is 36.5 Å². The summed E-state index contributed by atoms with van der Waals surface area (Å²) in [5.74, 6) is -0.549. The van der Waals surface area contributed by atoms with Crippen LogP contribution < -0.4 is 9.73 Å². The molecule has 0 atom stereocenters. The molecule has 0 saturated heterocycles. The quantitative estimate of drug-likeness (QED) is 0.247. The molecule has 4 rings (SSSR count). The first-order chi connectivity index (χ1) is 18.1. The first kappa shape index (κ1) is 26.9. The predicted octanol–water partition coefficient (Wildman–Crippen LogP) is 5.37. The molecule has 0 aliphatic heterocycles. The van der Waals surface area contributed by atoms with Gasteiger partial charge in [-0.1, -0.05) is 42.5 Å². The van der Waals surface area contributed by atoms with Crippen molar-refractivity contribution < 1.29 is 13.2 Å². The van der Waals surface area contributed by atoms with Gasteiger partial charge >= 0.3 is 0 Å². The third-order valence-electron chi connectivity index (χ3n) is 6.62. The molecular weight excluding hydrogens is 496 g/mol. The zero-order valence-corrected chi connectivity index (χ0v) is 23.1. The number of hydrogen-bond acceptors (Lipinski definition) is 4. The standard InChI is InChI=1S/C30H32N4O3S/c1-21-15-16-27(17-23(21)3)33(38(36,37)28-12-7-6-8-13-28)20-30(35)32-31-19-26-18-24(4)34(25(26)5)29-14-10-9-11-22(29)2/h6-19H,20H2,1-5H3,(H,32,35)/b31-19-. The van der Waals surface area contributed by atoms with E-state index in [1.165, 1.54) is 12.1 Å². The van der Waals surface area contributed by atoms with Gasteiger partial charge in [0.05, 0.1) is 16.8 Å². The zero-order chi connectivity index (χ0) is 27.4. The number of nitrogens with one attached hydrogen (secondary N) is 1. The number of sulfonamides is 1. The summed E-state index contributed by atoms with van der Waals surface area (Å²) in [5, 5.41) is 4.15. The molecule has 0 fully saturated rings. The third kappa shape index (κ3) is 5.55. The molecule has 0 radical (unpaired) electrons. The summed E-state index contributed by atoms with van der Waals surface area (Å²) in [6, 6.07) is 23.5. The summed E-state index contributed by atoms with van der Waals surface area (Å²) in [4.78, 5) is 13.0. The maximum absolute atomic E-state index is 13.5. The number of hydrazone groups is 1. The molecule has 8 heteroatoms. The molecule has 0 bridgehead atoms. The van der Waals surface area contributed by atoms with Crippen LogP contribution in [0.5, 0.6) is 0 Å². The van der Waals surface area contributed by atoms with Crippen LogP contribution in [0.3, 0.4) is 0 Å². The van der Waals surface area contributed by atoms with Gasteiger partial charge in [-0.05, 0) is 87.7 Å². The van der Waals surface area contributed by atoms with Gasteiger partial charge in [0, 0.05) is 22.6 Å². The highest BCUT2D eigenvalue weighted by Gasteiger charge is 2.27. The van der Waals surface area contributed by atoms with Crippen molar-refractivity contribution in [1.29, 1.82) is 0 Å². The number of hydrogen-bond donors (Lipinski definition) is 1. The smallest absolute Gasteiger partial charge is 0.264 e. The molecule has 0 spiro atoms. The highest BCUT2D eigenvalue weighted by Crippen LogP contribution is 2.26. The van der Waals surface area contributed by atoms with Crippen LogP contribution in [-0.4, -0.2) is 31.7 Å². The predicted molar refractivity (Wildman–Crippen MR) is 153 cm³/mol. The van der Waals surface area contributed by atoms with Gasteiger partial charge in [0.15, 0.2) is 0 Å². The maximum Gasteiger partial charge on any atom is 0.264 e. The lowest BCUT2D eigenvalue weighted by Crippen LogP contribution is -2.39.